The van der Waals surface area contributed by atoms with Crippen molar-refractivity contribution in [1.29, 1.82) is 0 Å². The minimum absolute atomic E-state index is 0.882. The minimum atomic E-state index is 0.882. The molecular formula is C46H30N2O. The summed E-state index contributed by atoms with van der Waals surface area (Å²) in [7, 11) is 0. The highest BCUT2D eigenvalue weighted by Gasteiger charge is 2.24. The fourth-order valence-corrected chi connectivity index (χ4v) is 7.60. The van der Waals surface area contributed by atoms with Crippen molar-refractivity contribution in [2.24, 2.45) is 0 Å². The van der Waals surface area contributed by atoms with E-state index in [-0.39, 0.29) is 0 Å². The van der Waals surface area contributed by atoms with Gasteiger partial charge in [-0.15, -0.1) is 0 Å². The van der Waals surface area contributed by atoms with Gasteiger partial charge in [-0.25, -0.2) is 0 Å². The van der Waals surface area contributed by atoms with Crippen LogP contribution in [0.25, 0.3) is 71.3 Å². The Bertz CT molecular complexity index is 2770. The Labute approximate surface area is 283 Å². The maximum atomic E-state index is 6.64. The summed E-state index contributed by atoms with van der Waals surface area (Å²) in [6.07, 6.45) is 0. The zero-order valence-corrected chi connectivity index (χ0v) is 26.6. The lowest BCUT2D eigenvalue weighted by atomic mass is 9.94. The third-order valence-corrected chi connectivity index (χ3v) is 9.72. The van der Waals surface area contributed by atoms with Gasteiger partial charge in [0, 0.05) is 55.9 Å². The summed E-state index contributed by atoms with van der Waals surface area (Å²) < 4.78 is 9.05. The number of benzene rings is 8. The van der Waals surface area contributed by atoms with Crippen molar-refractivity contribution in [1.82, 2.24) is 4.57 Å². The molecule has 2 aromatic heterocycles. The second-order valence-electron chi connectivity index (χ2n) is 12.6. The van der Waals surface area contributed by atoms with Crippen molar-refractivity contribution >= 4 is 71.6 Å². The molecule has 0 aliphatic rings. The van der Waals surface area contributed by atoms with Crippen LogP contribution in [0.2, 0.25) is 0 Å². The first kappa shape index (κ1) is 27.5. The van der Waals surface area contributed by atoms with Crippen LogP contribution < -0.4 is 4.90 Å². The van der Waals surface area contributed by atoms with Crippen LogP contribution in [0.1, 0.15) is 0 Å². The van der Waals surface area contributed by atoms with Crippen LogP contribution in [0.4, 0.5) is 17.1 Å². The maximum absolute atomic E-state index is 6.64. The van der Waals surface area contributed by atoms with Gasteiger partial charge in [-0.3, -0.25) is 0 Å². The van der Waals surface area contributed by atoms with Gasteiger partial charge in [0.1, 0.15) is 11.2 Å². The second-order valence-corrected chi connectivity index (χ2v) is 12.6. The molecule has 230 valence electrons. The SMILES string of the molecule is c1ccc(-c2c3c(cc4c2c2cc(N(c5ccccc5)c5ccccc5)ccc2n4-c2ccc4ccccc4c2)oc2ccccc23)cc1. The van der Waals surface area contributed by atoms with Crippen LogP contribution >= 0.6 is 0 Å². The van der Waals surface area contributed by atoms with Gasteiger partial charge in [-0.1, -0.05) is 115 Å². The molecule has 0 N–H and O–H groups in total. The number of fused-ring (bicyclic) bond motifs is 7. The molecule has 0 aliphatic carbocycles. The summed E-state index contributed by atoms with van der Waals surface area (Å²) in [5.41, 5.74) is 10.8. The summed E-state index contributed by atoms with van der Waals surface area (Å²) in [6.45, 7) is 0. The summed E-state index contributed by atoms with van der Waals surface area (Å²) in [6, 6.07) is 64.9. The van der Waals surface area contributed by atoms with Crippen molar-refractivity contribution in [3.63, 3.8) is 0 Å². The van der Waals surface area contributed by atoms with Crippen molar-refractivity contribution < 1.29 is 4.42 Å². The molecule has 8 aromatic carbocycles. The molecule has 2 heterocycles. The summed E-state index contributed by atoms with van der Waals surface area (Å²) in [4.78, 5) is 2.34. The Kier molecular flexibility index (Phi) is 6.18. The summed E-state index contributed by atoms with van der Waals surface area (Å²) in [5, 5.41) is 7.08. The van der Waals surface area contributed by atoms with Crippen LogP contribution in [0.5, 0.6) is 0 Å². The third-order valence-electron chi connectivity index (χ3n) is 9.72. The topological polar surface area (TPSA) is 21.3 Å². The number of anilines is 3. The van der Waals surface area contributed by atoms with E-state index in [1.807, 2.05) is 6.07 Å². The molecule has 3 heteroatoms. The first-order valence-electron chi connectivity index (χ1n) is 16.7. The molecule has 10 rings (SSSR count). The lowest BCUT2D eigenvalue weighted by Gasteiger charge is -2.25. The van der Waals surface area contributed by atoms with Gasteiger partial charge in [-0.2, -0.15) is 0 Å². The Morgan fingerprint density at radius 2 is 1.06 bits per heavy atom. The molecule has 49 heavy (non-hydrogen) atoms. The van der Waals surface area contributed by atoms with E-state index < -0.39 is 0 Å². The predicted molar refractivity (Wildman–Crippen MR) is 206 cm³/mol. The van der Waals surface area contributed by atoms with E-state index in [0.717, 1.165) is 61.3 Å². The van der Waals surface area contributed by atoms with E-state index >= 15 is 0 Å². The van der Waals surface area contributed by atoms with Crippen molar-refractivity contribution in [3.05, 3.63) is 182 Å². The van der Waals surface area contributed by atoms with Gasteiger partial charge < -0.3 is 13.9 Å². The zero-order chi connectivity index (χ0) is 32.3. The van der Waals surface area contributed by atoms with Gasteiger partial charge in [0.25, 0.3) is 0 Å². The average molecular weight is 627 g/mol. The number of hydrogen-bond acceptors (Lipinski definition) is 2. The van der Waals surface area contributed by atoms with E-state index in [1.165, 1.54) is 27.1 Å². The number of rotatable bonds is 5. The molecule has 0 unspecified atom stereocenters. The third kappa shape index (κ3) is 4.37. The molecule has 0 amide bonds. The Hall–Kier alpha value is -6.58. The monoisotopic (exact) mass is 626 g/mol. The molecular weight excluding hydrogens is 597 g/mol. The van der Waals surface area contributed by atoms with Crippen LogP contribution in [0, 0.1) is 0 Å². The Balaban J connectivity index is 1.38. The van der Waals surface area contributed by atoms with Crippen molar-refractivity contribution in [2.45, 2.75) is 0 Å². The molecule has 0 bridgehead atoms. The van der Waals surface area contributed by atoms with Gasteiger partial charge in [0.15, 0.2) is 0 Å². The quantitative estimate of drug-likeness (QED) is 0.190. The van der Waals surface area contributed by atoms with Gasteiger partial charge in [0.05, 0.1) is 11.0 Å². The highest BCUT2D eigenvalue weighted by Crippen LogP contribution is 2.47. The van der Waals surface area contributed by atoms with Gasteiger partial charge in [-0.05, 0) is 77.0 Å². The highest BCUT2D eigenvalue weighted by atomic mass is 16.3. The number of aromatic nitrogens is 1. The van der Waals surface area contributed by atoms with Crippen LogP contribution in [-0.2, 0) is 0 Å². The van der Waals surface area contributed by atoms with E-state index in [4.69, 9.17) is 4.42 Å². The molecule has 10 aromatic rings. The Morgan fingerprint density at radius 1 is 0.408 bits per heavy atom. The fourth-order valence-electron chi connectivity index (χ4n) is 7.60. The number of para-hydroxylation sites is 3. The van der Waals surface area contributed by atoms with Gasteiger partial charge in [0.2, 0.25) is 0 Å². The van der Waals surface area contributed by atoms with E-state index in [0.29, 0.717) is 0 Å². The zero-order valence-electron chi connectivity index (χ0n) is 26.6. The van der Waals surface area contributed by atoms with E-state index in [1.54, 1.807) is 0 Å². The summed E-state index contributed by atoms with van der Waals surface area (Å²) >= 11 is 0. The molecule has 0 spiro atoms. The van der Waals surface area contributed by atoms with Crippen LogP contribution in [0.3, 0.4) is 0 Å². The summed E-state index contributed by atoms with van der Waals surface area (Å²) in [5.74, 6) is 0. The minimum Gasteiger partial charge on any atom is -0.456 e. The molecule has 0 saturated heterocycles. The lowest BCUT2D eigenvalue weighted by Crippen LogP contribution is -2.09. The molecule has 0 aliphatic heterocycles. The molecule has 3 nitrogen and oxygen atoms in total. The maximum Gasteiger partial charge on any atom is 0.138 e. The average Bonchev–Trinajstić information content (AvgIpc) is 3.70. The first-order chi connectivity index (χ1) is 24.3. The van der Waals surface area contributed by atoms with Crippen molar-refractivity contribution in [3.8, 4) is 16.8 Å². The van der Waals surface area contributed by atoms with Crippen LogP contribution in [-0.4, -0.2) is 4.57 Å². The van der Waals surface area contributed by atoms with E-state index in [9.17, 15) is 0 Å². The first-order valence-corrected chi connectivity index (χ1v) is 16.7. The normalized spacial score (nSPS) is 11.7. The molecule has 0 saturated carbocycles. The highest BCUT2D eigenvalue weighted by molar-refractivity contribution is 6.27. The Morgan fingerprint density at radius 3 is 1.82 bits per heavy atom. The standard InChI is InChI=1S/C46H30N2O/c1-4-15-32(16-5-1)44-45-39-29-37(47(34-18-6-2-7-19-34)35-20-8-3-9-21-35)26-27-40(39)48(36-25-24-31-14-10-11-17-33(31)28-36)41(45)30-43-46(44)38-22-12-13-23-42(38)49-43/h1-30H. The molecule has 0 fully saturated rings. The molecule has 0 radical (unpaired) electrons. The number of furan rings is 1. The smallest absolute Gasteiger partial charge is 0.138 e. The fraction of sp³-hybridized carbons (Fsp3) is 0. The molecule has 0 atom stereocenters. The van der Waals surface area contributed by atoms with E-state index in [2.05, 4.69) is 185 Å². The van der Waals surface area contributed by atoms with Gasteiger partial charge >= 0.3 is 0 Å². The van der Waals surface area contributed by atoms with Crippen molar-refractivity contribution in [2.75, 3.05) is 4.90 Å². The second kappa shape index (κ2) is 11.0. The van der Waals surface area contributed by atoms with Crippen LogP contribution in [0.15, 0.2) is 186 Å². The largest absolute Gasteiger partial charge is 0.456 e. The number of hydrogen-bond donors (Lipinski definition) is 0. The predicted octanol–water partition coefficient (Wildman–Crippen LogP) is 13.0. The lowest BCUT2D eigenvalue weighted by molar-refractivity contribution is 0.669. The number of nitrogens with zero attached hydrogens (tertiary/aromatic N) is 2.